The van der Waals surface area contributed by atoms with E-state index in [1.807, 2.05) is 0 Å². The van der Waals surface area contributed by atoms with Crippen molar-refractivity contribution in [2.75, 3.05) is 51.3 Å². The first kappa shape index (κ1) is 26.1. The van der Waals surface area contributed by atoms with E-state index in [1.54, 1.807) is 17.9 Å². The van der Waals surface area contributed by atoms with Gasteiger partial charge in [0.15, 0.2) is 0 Å². The summed E-state index contributed by atoms with van der Waals surface area (Å²) >= 11 is 5.97. The molecule has 7 nitrogen and oxygen atoms in total. The van der Waals surface area contributed by atoms with Gasteiger partial charge in [0.05, 0.1) is 18.7 Å². The SMILES string of the molecule is CCOc1ccc(Cl)cc1S(=O)(=O)N(C)CC(=O)N1CCN(c2cccc(C(F)(F)F)c2)CC1. The van der Waals surface area contributed by atoms with Crippen LogP contribution in [0.2, 0.25) is 5.02 Å². The Morgan fingerprint density at radius 1 is 1.12 bits per heavy atom. The first-order valence-corrected chi connectivity index (χ1v) is 12.3. The topological polar surface area (TPSA) is 70.2 Å². The minimum atomic E-state index is -4.44. The molecule has 0 spiro atoms. The van der Waals surface area contributed by atoms with Crippen LogP contribution >= 0.6 is 11.6 Å². The summed E-state index contributed by atoms with van der Waals surface area (Å²) in [6, 6.07) is 9.28. The predicted molar refractivity (Wildman–Crippen MR) is 123 cm³/mol. The third-order valence-corrected chi connectivity index (χ3v) is 7.48. The van der Waals surface area contributed by atoms with Gasteiger partial charge in [0.25, 0.3) is 0 Å². The van der Waals surface area contributed by atoms with Gasteiger partial charge in [-0.05, 0) is 43.3 Å². The van der Waals surface area contributed by atoms with Gasteiger partial charge in [-0.3, -0.25) is 4.79 Å². The van der Waals surface area contributed by atoms with Crippen molar-refractivity contribution in [3.8, 4) is 5.75 Å². The monoisotopic (exact) mass is 519 g/mol. The highest BCUT2D eigenvalue weighted by Crippen LogP contribution is 2.32. The predicted octanol–water partition coefficient (Wildman–Crippen LogP) is 3.73. The van der Waals surface area contributed by atoms with Crippen LogP contribution in [0.1, 0.15) is 12.5 Å². The summed E-state index contributed by atoms with van der Waals surface area (Å²) in [5.74, 6) is -0.268. The zero-order chi connectivity index (χ0) is 25.1. The Balaban J connectivity index is 1.65. The largest absolute Gasteiger partial charge is 0.492 e. The molecule has 0 aliphatic carbocycles. The Morgan fingerprint density at radius 3 is 2.41 bits per heavy atom. The fourth-order valence-corrected chi connectivity index (χ4v) is 5.10. The second-order valence-corrected chi connectivity index (χ2v) is 10.2. The third kappa shape index (κ3) is 5.94. The molecule has 2 aromatic rings. The normalized spacial score (nSPS) is 15.0. The number of anilines is 1. The van der Waals surface area contributed by atoms with E-state index in [0.717, 1.165) is 16.4 Å². The molecule has 1 saturated heterocycles. The van der Waals surface area contributed by atoms with Gasteiger partial charge in [0.1, 0.15) is 10.6 Å². The van der Waals surface area contributed by atoms with Gasteiger partial charge in [-0.1, -0.05) is 17.7 Å². The van der Waals surface area contributed by atoms with Crippen LogP contribution in [0.25, 0.3) is 0 Å². The molecule has 1 fully saturated rings. The molecule has 1 aliphatic heterocycles. The number of rotatable bonds is 7. The molecule has 0 saturated carbocycles. The molecule has 1 aliphatic rings. The number of amides is 1. The number of carbonyl (C=O) groups is 1. The van der Waals surface area contributed by atoms with E-state index < -0.39 is 34.2 Å². The van der Waals surface area contributed by atoms with E-state index >= 15 is 0 Å². The molecular formula is C22H25ClF3N3O4S. The van der Waals surface area contributed by atoms with E-state index in [-0.39, 0.29) is 35.4 Å². The van der Waals surface area contributed by atoms with Crippen LogP contribution in [-0.2, 0) is 21.0 Å². The first-order chi connectivity index (χ1) is 15.9. The van der Waals surface area contributed by atoms with Gasteiger partial charge in [-0.25, -0.2) is 8.42 Å². The number of hydrogen-bond acceptors (Lipinski definition) is 5. The van der Waals surface area contributed by atoms with Crippen LogP contribution < -0.4 is 9.64 Å². The van der Waals surface area contributed by atoms with Crippen LogP contribution in [0.3, 0.4) is 0 Å². The lowest BCUT2D eigenvalue weighted by Gasteiger charge is -2.36. The number of benzene rings is 2. The number of piperazine rings is 1. The molecule has 3 rings (SSSR count). The summed E-state index contributed by atoms with van der Waals surface area (Å²) in [4.78, 5) is 15.9. The molecule has 1 amide bonds. The number of alkyl halides is 3. The van der Waals surface area contributed by atoms with Crippen molar-refractivity contribution in [3.63, 3.8) is 0 Å². The minimum Gasteiger partial charge on any atom is -0.492 e. The van der Waals surface area contributed by atoms with Gasteiger partial charge >= 0.3 is 6.18 Å². The van der Waals surface area contributed by atoms with Crippen LogP contribution in [0, 0.1) is 0 Å². The summed E-state index contributed by atoms with van der Waals surface area (Å²) in [7, 11) is -2.77. The molecule has 0 radical (unpaired) electrons. The van der Waals surface area contributed by atoms with Gasteiger partial charge in [-0.2, -0.15) is 17.5 Å². The molecule has 0 unspecified atom stereocenters. The minimum absolute atomic E-state index is 0.133. The van der Waals surface area contributed by atoms with Crippen LogP contribution in [0.4, 0.5) is 18.9 Å². The number of ether oxygens (including phenoxy) is 1. The second kappa shape index (κ2) is 10.4. The maximum Gasteiger partial charge on any atom is 0.416 e. The highest BCUT2D eigenvalue weighted by Gasteiger charge is 2.32. The van der Waals surface area contributed by atoms with Gasteiger partial charge in [0.2, 0.25) is 15.9 Å². The smallest absolute Gasteiger partial charge is 0.416 e. The molecule has 0 atom stereocenters. The number of nitrogens with zero attached hydrogens (tertiary/aromatic N) is 3. The lowest BCUT2D eigenvalue weighted by atomic mass is 10.1. The van der Waals surface area contributed by atoms with E-state index in [4.69, 9.17) is 16.3 Å². The Bertz CT molecular complexity index is 1140. The molecular weight excluding hydrogens is 495 g/mol. The first-order valence-electron chi connectivity index (χ1n) is 10.5. The van der Waals surface area contributed by atoms with Gasteiger partial charge in [-0.15, -0.1) is 0 Å². The molecule has 0 bridgehead atoms. The lowest BCUT2D eigenvalue weighted by molar-refractivity contribution is -0.137. The summed E-state index contributed by atoms with van der Waals surface area (Å²) in [5, 5.41) is 0.215. The fraction of sp³-hybridized carbons (Fsp3) is 0.409. The molecule has 0 aromatic heterocycles. The molecule has 0 N–H and O–H groups in total. The molecule has 34 heavy (non-hydrogen) atoms. The lowest BCUT2D eigenvalue weighted by Crippen LogP contribution is -2.51. The summed E-state index contributed by atoms with van der Waals surface area (Å²) in [6.07, 6.45) is -4.44. The van der Waals surface area contributed by atoms with Crippen LogP contribution in [0.5, 0.6) is 5.75 Å². The summed E-state index contributed by atoms with van der Waals surface area (Å²) in [6.45, 7) is 2.73. The van der Waals surface area contributed by atoms with Crippen molar-refractivity contribution < 1.29 is 31.1 Å². The van der Waals surface area contributed by atoms with Crippen molar-refractivity contribution in [3.05, 3.63) is 53.1 Å². The summed E-state index contributed by atoms with van der Waals surface area (Å²) < 4.78 is 71.4. The van der Waals surface area contributed by atoms with E-state index in [2.05, 4.69) is 0 Å². The Labute approximate surface area is 201 Å². The van der Waals surface area contributed by atoms with Gasteiger partial charge in [0, 0.05) is 43.9 Å². The molecule has 186 valence electrons. The zero-order valence-corrected chi connectivity index (χ0v) is 20.3. The number of hydrogen-bond donors (Lipinski definition) is 0. The highest BCUT2D eigenvalue weighted by atomic mass is 35.5. The number of likely N-dealkylation sites (N-methyl/N-ethyl adjacent to an activating group) is 1. The maximum atomic E-state index is 13.1. The van der Waals surface area contributed by atoms with Crippen molar-refractivity contribution in [1.82, 2.24) is 9.21 Å². The van der Waals surface area contributed by atoms with E-state index in [1.165, 1.54) is 36.2 Å². The highest BCUT2D eigenvalue weighted by molar-refractivity contribution is 7.89. The Hall–Kier alpha value is -2.50. The third-order valence-electron chi connectivity index (χ3n) is 5.42. The van der Waals surface area contributed by atoms with Crippen LogP contribution in [0.15, 0.2) is 47.4 Å². The maximum absolute atomic E-state index is 13.1. The fourth-order valence-electron chi connectivity index (χ4n) is 3.59. The van der Waals surface area contributed by atoms with Crippen LogP contribution in [-0.4, -0.2) is 69.9 Å². The number of halogens is 4. The second-order valence-electron chi connectivity index (χ2n) is 7.70. The van der Waals surface area contributed by atoms with Gasteiger partial charge < -0.3 is 14.5 Å². The van der Waals surface area contributed by atoms with Crippen molar-refractivity contribution >= 4 is 33.2 Å². The van der Waals surface area contributed by atoms with E-state index in [0.29, 0.717) is 18.8 Å². The Kier molecular flexibility index (Phi) is 7.99. The van der Waals surface area contributed by atoms with E-state index in [9.17, 15) is 26.4 Å². The average Bonchev–Trinajstić information content (AvgIpc) is 2.80. The zero-order valence-electron chi connectivity index (χ0n) is 18.7. The van der Waals surface area contributed by atoms with Crippen molar-refractivity contribution in [1.29, 1.82) is 0 Å². The number of sulfonamides is 1. The molecule has 12 heteroatoms. The molecule has 2 aromatic carbocycles. The average molecular weight is 520 g/mol. The number of carbonyl (C=O) groups excluding carboxylic acids is 1. The molecule has 1 heterocycles. The Morgan fingerprint density at radius 2 is 1.79 bits per heavy atom. The van der Waals surface area contributed by atoms with Crippen molar-refractivity contribution in [2.45, 2.75) is 18.0 Å². The standard InChI is InChI=1S/C22H25ClF3N3O4S/c1-3-33-19-8-7-17(23)14-20(19)34(31,32)27(2)15-21(30)29-11-9-28(10-12-29)18-6-4-5-16(13-18)22(24,25)26/h4-8,13-14H,3,9-12,15H2,1-2H3. The van der Waals surface area contributed by atoms with Crippen molar-refractivity contribution in [2.24, 2.45) is 0 Å². The summed E-state index contributed by atoms with van der Waals surface area (Å²) in [5.41, 5.74) is -0.311. The quantitative estimate of drug-likeness (QED) is 0.557.